The molecule has 3 aromatic rings. The molecule has 1 aromatic heterocycles. The molecule has 154 valence electrons. The Kier molecular flexibility index (Phi) is 5.77. The molecule has 0 aliphatic carbocycles. The second-order valence-corrected chi connectivity index (χ2v) is 7.53. The Hall–Kier alpha value is -3.25. The van der Waals surface area contributed by atoms with Gasteiger partial charge in [-0.3, -0.25) is 19.1 Å². The van der Waals surface area contributed by atoms with E-state index in [0.717, 1.165) is 36.5 Å². The average Bonchev–Trinajstić information content (AvgIpc) is 2.81. The van der Waals surface area contributed by atoms with E-state index in [9.17, 15) is 9.59 Å². The fourth-order valence-electron chi connectivity index (χ4n) is 3.83. The van der Waals surface area contributed by atoms with Gasteiger partial charge in [-0.05, 0) is 18.7 Å². The first-order valence-corrected chi connectivity index (χ1v) is 10.3. The molecule has 1 aliphatic heterocycles. The van der Waals surface area contributed by atoms with Gasteiger partial charge in [0, 0.05) is 37.8 Å². The van der Waals surface area contributed by atoms with Gasteiger partial charge in [0.15, 0.2) is 0 Å². The number of hydrogen-bond donors (Lipinski definition) is 0. The summed E-state index contributed by atoms with van der Waals surface area (Å²) in [4.78, 5) is 35.2. The maximum atomic E-state index is 13.5. The van der Waals surface area contributed by atoms with Crippen molar-refractivity contribution in [3.8, 4) is 11.4 Å². The van der Waals surface area contributed by atoms with Crippen LogP contribution in [0, 0.1) is 0 Å². The lowest BCUT2D eigenvalue weighted by molar-refractivity contribution is -0.118. The number of anilines is 1. The smallest absolute Gasteiger partial charge is 0.259 e. The molecule has 1 amide bonds. The number of likely N-dealkylation sites (N-methyl/N-ethyl adjacent to an activating group) is 2. The molecule has 0 radical (unpaired) electrons. The van der Waals surface area contributed by atoms with E-state index in [0.29, 0.717) is 17.9 Å². The van der Waals surface area contributed by atoms with Crippen LogP contribution in [0.3, 0.4) is 0 Å². The van der Waals surface area contributed by atoms with Crippen LogP contribution in [0.1, 0.15) is 18.2 Å². The Bertz CT molecular complexity index is 1090. The van der Waals surface area contributed by atoms with Crippen LogP contribution in [-0.2, 0) is 24.3 Å². The molecule has 6 heteroatoms. The summed E-state index contributed by atoms with van der Waals surface area (Å²) in [5, 5.41) is 0. The highest BCUT2D eigenvalue weighted by Crippen LogP contribution is 2.21. The Morgan fingerprint density at radius 1 is 1.07 bits per heavy atom. The zero-order chi connectivity index (χ0) is 21.1. The van der Waals surface area contributed by atoms with E-state index in [4.69, 9.17) is 4.98 Å². The van der Waals surface area contributed by atoms with Gasteiger partial charge in [-0.25, -0.2) is 4.98 Å². The van der Waals surface area contributed by atoms with Crippen LogP contribution in [0.4, 0.5) is 5.69 Å². The van der Waals surface area contributed by atoms with E-state index in [2.05, 4.69) is 11.8 Å². The SMILES string of the molecule is CCN1CCc2nc(-c3ccccc3)n(CC(=O)N(C)c3ccccc3)c(=O)c2C1. The van der Waals surface area contributed by atoms with Gasteiger partial charge < -0.3 is 4.90 Å². The monoisotopic (exact) mass is 402 g/mol. The fraction of sp³-hybridized carbons (Fsp3) is 0.292. The molecule has 0 bridgehead atoms. The minimum atomic E-state index is -0.162. The highest BCUT2D eigenvalue weighted by molar-refractivity contribution is 5.92. The third-order valence-electron chi connectivity index (χ3n) is 5.68. The second-order valence-electron chi connectivity index (χ2n) is 7.53. The first-order valence-electron chi connectivity index (χ1n) is 10.3. The van der Waals surface area contributed by atoms with Crippen molar-refractivity contribution >= 4 is 11.6 Å². The highest BCUT2D eigenvalue weighted by Gasteiger charge is 2.25. The summed E-state index contributed by atoms with van der Waals surface area (Å²) in [6, 6.07) is 19.1. The molecular weight excluding hydrogens is 376 g/mol. The molecule has 2 heterocycles. The van der Waals surface area contributed by atoms with Crippen molar-refractivity contribution in [3.63, 3.8) is 0 Å². The summed E-state index contributed by atoms with van der Waals surface area (Å²) in [5.74, 6) is 0.393. The van der Waals surface area contributed by atoms with Crippen molar-refractivity contribution in [2.75, 3.05) is 25.0 Å². The summed E-state index contributed by atoms with van der Waals surface area (Å²) in [7, 11) is 1.73. The van der Waals surface area contributed by atoms with Crippen LogP contribution in [-0.4, -0.2) is 40.5 Å². The normalized spacial score (nSPS) is 13.7. The summed E-state index contributed by atoms with van der Waals surface area (Å²) in [5.41, 5.74) is 3.07. The van der Waals surface area contributed by atoms with E-state index in [1.165, 1.54) is 4.57 Å². The van der Waals surface area contributed by atoms with E-state index < -0.39 is 0 Å². The van der Waals surface area contributed by atoms with Crippen molar-refractivity contribution in [3.05, 3.63) is 82.3 Å². The fourth-order valence-corrected chi connectivity index (χ4v) is 3.83. The number of hydrogen-bond acceptors (Lipinski definition) is 4. The van der Waals surface area contributed by atoms with Gasteiger partial charge in [-0.2, -0.15) is 0 Å². The lowest BCUT2D eigenvalue weighted by Crippen LogP contribution is -2.41. The standard InChI is InChI=1S/C24H26N4O2/c1-3-27-15-14-21-20(16-27)24(30)28(23(25-21)18-10-6-4-7-11-18)17-22(29)26(2)19-12-8-5-9-13-19/h4-13H,3,14-17H2,1-2H3. The third kappa shape index (κ3) is 3.91. The molecule has 0 N–H and O–H groups in total. The minimum Gasteiger partial charge on any atom is -0.314 e. The maximum absolute atomic E-state index is 13.5. The number of amides is 1. The molecule has 0 spiro atoms. The molecule has 6 nitrogen and oxygen atoms in total. The van der Waals surface area contributed by atoms with Crippen LogP contribution >= 0.6 is 0 Å². The first-order chi connectivity index (χ1) is 14.6. The second kappa shape index (κ2) is 8.63. The summed E-state index contributed by atoms with van der Waals surface area (Å²) < 4.78 is 1.54. The maximum Gasteiger partial charge on any atom is 0.259 e. The largest absolute Gasteiger partial charge is 0.314 e. The number of benzene rings is 2. The summed E-state index contributed by atoms with van der Waals surface area (Å²) in [6.07, 6.45) is 0.747. The molecule has 0 saturated heterocycles. The van der Waals surface area contributed by atoms with Crippen LogP contribution < -0.4 is 10.5 Å². The van der Waals surface area contributed by atoms with Gasteiger partial charge in [-0.15, -0.1) is 0 Å². The minimum absolute atomic E-state index is 0.0547. The number of para-hydroxylation sites is 1. The Balaban J connectivity index is 1.77. The Morgan fingerprint density at radius 3 is 2.40 bits per heavy atom. The zero-order valence-corrected chi connectivity index (χ0v) is 17.4. The van der Waals surface area contributed by atoms with Gasteiger partial charge in [0.2, 0.25) is 5.91 Å². The first kappa shape index (κ1) is 20.0. The van der Waals surface area contributed by atoms with Gasteiger partial charge >= 0.3 is 0 Å². The molecule has 0 saturated carbocycles. The van der Waals surface area contributed by atoms with Gasteiger partial charge in [0.25, 0.3) is 5.56 Å². The number of aromatic nitrogens is 2. The van der Waals surface area contributed by atoms with Gasteiger partial charge in [0.1, 0.15) is 12.4 Å². The molecule has 2 aromatic carbocycles. The predicted octanol–water partition coefficient (Wildman–Crippen LogP) is 2.95. The van der Waals surface area contributed by atoms with E-state index in [1.54, 1.807) is 11.9 Å². The topological polar surface area (TPSA) is 58.4 Å². The van der Waals surface area contributed by atoms with E-state index in [-0.39, 0.29) is 18.0 Å². The molecule has 0 unspecified atom stereocenters. The van der Waals surface area contributed by atoms with E-state index in [1.807, 2.05) is 60.7 Å². The molecule has 0 fully saturated rings. The van der Waals surface area contributed by atoms with Crippen molar-refractivity contribution < 1.29 is 4.79 Å². The number of rotatable bonds is 5. The Labute approximate surface area is 176 Å². The lowest BCUT2D eigenvalue weighted by atomic mass is 10.1. The number of carbonyl (C=O) groups is 1. The van der Waals surface area contributed by atoms with Crippen LogP contribution in [0.25, 0.3) is 11.4 Å². The molecule has 30 heavy (non-hydrogen) atoms. The molecule has 1 aliphatic rings. The Morgan fingerprint density at radius 2 is 1.73 bits per heavy atom. The van der Waals surface area contributed by atoms with Gasteiger partial charge in [0.05, 0.1) is 11.3 Å². The number of nitrogens with zero attached hydrogens (tertiary/aromatic N) is 4. The van der Waals surface area contributed by atoms with Crippen molar-refractivity contribution in [2.45, 2.75) is 26.4 Å². The number of carbonyl (C=O) groups excluding carboxylic acids is 1. The van der Waals surface area contributed by atoms with Crippen LogP contribution in [0.2, 0.25) is 0 Å². The predicted molar refractivity (Wildman–Crippen MR) is 118 cm³/mol. The lowest BCUT2D eigenvalue weighted by Gasteiger charge is -2.28. The number of fused-ring (bicyclic) bond motifs is 1. The van der Waals surface area contributed by atoms with E-state index >= 15 is 0 Å². The highest BCUT2D eigenvalue weighted by atomic mass is 16.2. The average molecular weight is 402 g/mol. The zero-order valence-electron chi connectivity index (χ0n) is 17.4. The van der Waals surface area contributed by atoms with Crippen molar-refractivity contribution in [1.29, 1.82) is 0 Å². The quantitative estimate of drug-likeness (QED) is 0.658. The third-order valence-corrected chi connectivity index (χ3v) is 5.68. The summed E-state index contributed by atoms with van der Waals surface area (Å²) >= 11 is 0. The molecule has 4 rings (SSSR count). The van der Waals surface area contributed by atoms with Crippen molar-refractivity contribution in [2.24, 2.45) is 0 Å². The molecular formula is C24H26N4O2. The van der Waals surface area contributed by atoms with Gasteiger partial charge in [-0.1, -0.05) is 55.5 Å². The summed E-state index contributed by atoms with van der Waals surface area (Å²) in [6.45, 7) is 4.39. The van der Waals surface area contributed by atoms with Crippen LogP contribution in [0.5, 0.6) is 0 Å². The van der Waals surface area contributed by atoms with Crippen LogP contribution in [0.15, 0.2) is 65.5 Å². The molecule has 0 atom stereocenters. The van der Waals surface area contributed by atoms with Crippen molar-refractivity contribution in [1.82, 2.24) is 14.5 Å².